The summed E-state index contributed by atoms with van der Waals surface area (Å²) >= 11 is 5.99. The Labute approximate surface area is 83.2 Å². The van der Waals surface area contributed by atoms with Gasteiger partial charge in [0.05, 0.1) is 5.52 Å². The van der Waals surface area contributed by atoms with E-state index in [-0.39, 0.29) is 0 Å². The van der Waals surface area contributed by atoms with Crippen molar-refractivity contribution in [1.29, 1.82) is 0 Å². The highest BCUT2D eigenvalue weighted by Gasteiger charge is 2.01. The molecule has 0 aliphatic carbocycles. The standard InChI is InChI=1S/C10H9BClN/c11-6-8-5-7-3-1-2-4-9(7)13-10(8)12/h1-5H,6,11H2. The van der Waals surface area contributed by atoms with Gasteiger partial charge in [-0.1, -0.05) is 36.1 Å². The van der Waals surface area contributed by atoms with Gasteiger partial charge in [-0.25, -0.2) is 4.98 Å². The maximum Gasteiger partial charge on any atom is 0.132 e. The lowest BCUT2D eigenvalue weighted by atomic mass is 9.97. The molecule has 0 amide bonds. The minimum Gasteiger partial charge on any atom is -0.236 e. The van der Waals surface area contributed by atoms with Gasteiger partial charge >= 0.3 is 0 Å². The van der Waals surface area contributed by atoms with Crippen LogP contribution < -0.4 is 0 Å². The van der Waals surface area contributed by atoms with E-state index in [0.717, 1.165) is 22.8 Å². The van der Waals surface area contributed by atoms with E-state index in [1.807, 2.05) is 18.2 Å². The number of halogens is 1. The molecule has 0 spiro atoms. The summed E-state index contributed by atoms with van der Waals surface area (Å²) in [5, 5.41) is 1.78. The van der Waals surface area contributed by atoms with Crippen LogP contribution in [0.5, 0.6) is 0 Å². The zero-order valence-electron chi connectivity index (χ0n) is 7.42. The van der Waals surface area contributed by atoms with E-state index in [4.69, 9.17) is 11.6 Å². The van der Waals surface area contributed by atoms with Crippen LogP contribution in [0.25, 0.3) is 10.9 Å². The Morgan fingerprint density at radius 2 is 2.08 bits per heavy atom. The van der Waals surface area contributed by atoms with Crippen molar-refractivity contribution in [3.63, 3.8) is 0 Å². The summed E-state index contributed by atoms with van der Waals surface area (Å²) in [5.41, 5.74) is 2.07. The van der Waals surface area contributed by atoms with Crippen LogP contribution in [-0.4, -0.2) is 12.8 Å². The third kappa shape index (κ3) is 1.54. The van der Waals surface area contributed by atoms with E-state index in [1.54, 1.807) is 0 Å². The normalized spacial score (nSPS) is 10.5. The smallest absolute Gasteiger partial charge is 0.132 e. The molecule has 1 nitrogen and oxygen atoms in total. The van der Waals surface area contributed by atoms with Gasteiger partial charge < -0.3 is 0 Å². The molecule has 3 heteroatoms. The highest BCUT2D eigenvalue weighted by Crippen LogP contribution is 2.19. The quantitative estimate of drug-likeness (QED) is 0.494. The number of para-hydroxylation sites is 1. The lowest BCUT2D eigenvalue weighted by Gasteiger charge is -2.02. The molecule has 0 saturated carbocycles. The van der Waals surface area contributed by atoms with Crippen LogP contribution in [0.15, 0.2) is 30.3 Å². The number of fused-ring (bicyclic) bond motifs is 1. The SMILES string of the molecule is BCc1cc2ccccc2nc1Cl. The second-order valence-electron chi connectivity index (χ2n) is 2.98. The van der Waals surface area contributed by atoms with E-state index in [0.29, 0.717) is 5.15 Å². The van der Waals surface area contributed by atoms with E-state index in [1.165, 1.54) is 0 Å². The lowest BCUT2D eigenvalue weighted by molar-refractivity contribution is 1.30. The molecule has 0 bridgehead atoms. The molecule has 0 saturated heterocycles. The van der Waals surface area contributed by atoms with Crippen molar-refractivity contribution in [3.8, 4) is 0 Å². The predicted molar refractivity (Wildman–Crippen MR) is 59.0 cm³/mol. The minimum absolute atomic E-state index is 0.626. The summed E-state index contributed by atoms with van der Waals surface area (Å²) in [6, 6.07) is 10.1. The fraction of sp³-hybridized carbons (Fsp3) is 0.100. The van der Waals surface area contributed by atoms with Gasteiger partial charge in [-0.3, -0.25) is 0 Å². The van der Waals surface area contributed by atoms with Gasteiger partial charge in [-0.05, 0) is 17.7 Å². The first-order valence-corrected chi connectivity index (χ1v) is 4.73. The van der Waals surface area contributed by atoms with Gasteiger partial charge in [0.1, 0.15) is 13.0 Å². The van der Waals surface area contributed by atoms with Gasteiger partial charge in [0, 0.05) is 5.39 Å². The number of rotatable bonds is 1. The molecule has 2 aromatic rings. The fourth-order valence-electron chi connectivity index (χ4n) is 1.38. The monoisotopic (exact) mass is 189 g/mol. The average molecular weight is 189 g/mol. The summed E-state index contributed by atoms with van der Waals surface area (Å²) < 4.78 is 0. The maximum atomic E-state index is 5.99. The Morgan fingerprint density at radius 1 is 1.31 bits per heavy atom. The Kier molecular flexibility index (Phi) is 2.23. The fourth-order valence-corrected chi connectivity index (χ4v) is 1.66. The van der Waals surface area contributed by atoms with Gasteiger partial charge in [0.2, 0.25) is 0 Å². The first kappa shape index (κ1) is 8.58. The van der Waals surface area contributed by atoms with Crippen molar-refractivity contribution >= 4 is 30.4 Å². The highest BCUT2D eigenvalue weighted by atomic mass is 35.5. The first-order valence-electron chi connectivity index (χ1n) is 4.35. The van der Waals surface area contributed by atoms with Crippen LogP contribution in [0.4, 0.5) is 0 Å². The third-order valence-corrected chi connectivity index (χ3v) is 2.46. The van der Waals surface area contributed by atoms with Crippen LogP contribution in [0.1, 0.15) is 5.56 Å². The number of benzene rings is 1. The van der Waals surface area contributed by atoms with Crippen molar-refractivity contribution in [1.82, 2.24) is 4.98 Å². The number of hydrogen-bond acceptors (Lipinski definition) is 1. The van der Waals surface area contributed by atoms with Crippen molar-refractivity contribution in [2.45, 2.75) is 6.32 Å². The summed E-state index contributed by atoms with van der Waals surface area (Å²) in [4.78, 5) is 4.31. The minimum atomic E-state index is 0.626. The van der Waals surface area contributed by atoms with Crippen molar-refractivity contribution in [2.24, 2.45) is 0 Å². The second kappa shape index (κ2) is 3.39. The summed E-state index contributed by atoms with van der Waals surface area (Å²) in [6.07, 6.45) is 0.927. The van der Waals surface area contributed by atoms with E-state index in [2.05, 4.69) is 25.0 Å². The van der Waals surface area contributed by atoms with Gasteiger partial charge in [-0.15, -0.1) is 0 Å². The van der Waals surface area contributed by atoms with Gasteiger partial charge in [0.15, 0.2) is 0 Å². The van der Waals surface area contributed by atoms with Crippen LogP contribution in [-0.2, 0) is 6.32 Å². The second-order valence-corrected chi connectivity index (χ2v) is 3.34. The largest absolute Gasteiger partial charge is 0.236 e. The van der Waals surface area contributed by atoms with Crippen molar-refractivity contribution < 1.29 is 0 Å². The van der Waals surface area contributed by atoms with Gasteiger partial charge in [0.25, 0.3) is 0 Å². The predicted octanol–water partition coefficient (Wildman–Crippen LogP) is 2.02. The zero-order chi connectivity index (χ0) is 9.26. The molecule has 0 fully saturated rings. The number of aromatic nitrogens is 1. The Balaban J connectivity index is 2.74. The molecule has 0 N–H and O–H groups in total. The molecule has 0 aliphatic heterocycles. The first-order chi connectivity index (χ1) is 6.31. The Bertz CT molecular complexity index is 442. The van der Waals surface area contributed by atoms with E-state index >= 15 is 0 Å². The summed E-state index contributed by atoms with van der Waals surface area (Å²) in [5.74, 6) is 0. The van der Waals surface area contributed by atoms with Crippen LogP contribution in [0.3, 0.4) is 0 Å². The van der Waals surface area contributed by atoms with Crippen LogP contribution in [0, 0.1) is 0 Å². The van der Waals surface area contributed by atoms with Crippen LogP contribution in [0.2, 0.25) is 5.15 Å². The molecule has 13 heavy (non-hydrogen) atoms. The molecule has 2 rings (SSSR count). The van der Waals surface area contributed by atoms with Crippen molar-refractivity contribution in [3.05, 3.63) is 41.0 Å². The van der Waals surface area contributed by atoms with Gasteiger partial charge in [-0.2, -0.15) is 0 Å². The van der Waals surface area contributed by atoms with E-state index in [9.17, 15) is 0 Å². The highest BCUT2D eigenvalue weighted by molar-refractivity contribution is 6.31. The molecule has 0 atom stereocenters. The third-order valence-electron chi connectivity index (χ3n) is 2.13. The summed E-state index contributed by atoms with van der Waals surface area (Å²) in [6.45, 7) is 0. The number of nitrogens with zero attached hydrogens (tertiary/aromatic N) is 1. The maximum absolute atomic E-state index is 5.99. The Hall–Kier alpha value is -1.02. The molecule has 64 valence electrons. The Morgan fingerprint density at radius 3 is 2.85 bits per heavy atom. The number of pyridine rings is 1. The molecule has 1 aromatic heterocycles. The molecule has 1 heterocycles. The molecular formula is C10H9BClN. The molecule has 1 aromatic carbocycles. The molecule has 0 unspecified atom stereocenters. The molecule has 0 radical (unpaired) electrons. The topological polar surface area (TPSA) is 12.9 Å². The zero-order valence-corrected chi connectivity index (χ0v) is 8.17. The van der Waals surface area contributed by atoms with Crippen molar-refractivity contribution in [2.75, 3.05) is 0 Å². The van der Waals surface area contributed by atoms with E-state index < -0.39 is 0 Å². The molecular weight excluding hydrogens is 180 g/mol. The molecule has 0 aliphatic rings. The lowest BCUT2D eigenvalue weighted by Crippen LogP contribution is -1.89. The number of hydrogen-bond donors (Lipinski definition) is 0. The average Bonchev–Trinajstić information content (AvgIpc) is 2.17. The van der Waals surface area contributed by atoms with Crippen LogP contribution >= 0.6 is 11.6 Å². The summed E-state index contributed by atoms with van der Waals surface area (Å²) in [7, 11) is 2.08.